The summed E-state index contributed by atoms with van der Waals surface area (Å²) in [6, 6.07) is 10.9. The average Bonchev–Trinajstić information content (AvgIpc) is 2.84. The minimum absolute atomic E-state index is 0.0812. The highest BCUT2D eigenvalue weighted by atomic mass is 35.5. The number of hydrogen-bond acceptors (Lipinski definition) is 3. The highest BCUT2D eigenvalue weighted by Gasteiger charge is 2.31. The van der Waals surface area contributed by atoms with E-state index in [1.807, 2.05) is 30.3 Å². The number of fused-ring (bicyclic) bond motifs is 3. The summed E-state index contributed by atoms with van der Waals surface area (Å²) < 4.78 is 2.26. The third-order valence-corrected chi connectivity index (χ3v) is 6.01. The maximum atomic E-state index is 13.4. The molecular weight excluding hydrogens is 360 g/mol. The Labute approximate surface area is 162 Å². The molecule has 5 heteroatoms. The van der Waals surface area contributed by atoms with Crippen molar-refractivity contribution in [2.24, 2.45) is 0 Å². The second kappa shape index (κ2) is 6.32. The number of carbonyl (C=O) groups excluding carboxylic acids is 2. The topological polar surface area (TPSA) is 51.1 Å². The number of Topliss-reactive ketones (excluding diaryl/α,β-unsaturated/α-hetero) is 1. The summed E-state index contributed by atoms with van der Waals surface area (Å²) in [5.74, 6) is 0.0289. The predicted octanol–water partition coefficient (Wildman–Crippen LogP) is 3.80. The molecule has 3 aromatic rings. The van der Waals surface area contributed by atoms with Gasteiger partial charge in [-0.2, -0.15) is 0 Å². The third-order valence-electron chi connectivity index (χ3n) is 5.71. The predicted molar refractivity (Wildman–Crippen MR) is 106 cm³/mol. The molecule has 5 rings (SSSR count). The SMILES string of the molecule is O=C(c1ccccc1)c1c(Cl)cc2c3c1c1c(n3CCC2=O)CCNCC1. The number of rotatable bonds is 2. The summed E-state index contributed by atoms with van der Waals surface area (Å²) in [7, 11) is 0. The summed E-state index contributed by atoms with van der Waals surface area (Å²) in [6.45, 7) is 2.45. The van der Waals surface area contributed by atoms with Crippen LogP contribution in [0.4, 0.5) is 0 Å². The lowest BCUT2D eigenvalue weighted by Crippen LogP contribution is -2.20. The molecule has 2 aromatic carbocycles. The number of nitrogens with zero attached hydrogens (tertiary/aromatic N) is 1. The van der Waals surface area contributed by atoms with Gasteiger partial charge in [-0.15, -0.1) is 0 Å². The van der Waals surface area contributed by atoms with Crippen LogP contribution in [0.1, 0.15) is 44.0 Å². The molecule has 0 amide bonds. The van der Waals surface area contributed by atoms with Crippen LogP contribution < -0.4 is 5.32 Å². The molecule has 27 heavy (non-hydrogen) atoms. The summed E-state index contributed by atoms with van der Waals surface area (Å²) in [5, 5.41) is 4.70. The van der Waals surface area contributed by atoms with E-state index in [0.717, 1.165) is 36.8 Å². The van der Waals surface area contributed by atoms with E-state index in [-0.39, 0.29) is 11.6 Å². The van der Waals surface area contributed by atoms with Crippen LogP contribution in [0.5, 0.6) is 0 Å². The molecule has 0 saturated heterocycles. The summed E-state index contributed by atoms with van der Waals surface area (Å²) in [6.07, 6.45) is 2.22. The fourth-order valence-electron chi connectivity index (χ4n) is 4.52. The first kappa shape index (κ1) is 16.7. The van der Waals surface area contributed by atoms with Crippen LogP contribution in [0, 0.1) is 0 Å². The molecule has 0 radical (unpaired) electrons. The lowest BCUT2D eigenvalue weighted by molar-refractivity contribution is 0.0971. The molecule has 2 aliphatic rings. The minimum Gasteiger partial charge on any atom is -0.343 e. The van der Waals surface area contributed by atoms with Crippen molar-refractivity contribution in [1.29, 1.82) is 0 Å². The van der Waals surface area contributed by atoms with Gasteiger partial charge in [0.1, 0.15) is 0 Å². The lowest BCUT2D eigenvalue weighted by atomic mass is 9.92. The summed E-state index contributed by atoms with van der Waals surface area (Å²) in [5.41, 5.74) is 5.13. The molecule has 0 fully saturated rings. The van der Waals surface area contributed by atoms with Crippen molar-refractivity contribution in [3.8, 4) is 0 Å². The zero-order valence-corrected chi connectivity index (χ0v) is 15.6. The Hall–Kier alpha value is -2.43. The van der Waals surface area contributed by atoms with Crippen LogP contribution in [0.15, 0.2) is 36.4 Å². The second-order valence-electron chi connectivity index (χ2n) is 7.20. The minimum atomic E-state index is -0.0812. The zero-order chi connectivity index (χ0) is 18.5. The number of benzene rings is 2. The van der Waals surface area contributed by atoms with Crippen LogP contribution >= 0.6 is 11.6 Å². The molecular formula is C22H19ClN2O2. The monoisotopic (exact) mass is 378 g/mol. The van der Waals surface area contributed by atoms with Crippen molar-refractivity contribution in [2.45, 2.75) is 25.8 Å². The van der Waals surface area contributed by atoms with Gasteiger partial charge in [0, 0.05) is 48.1 Å². The smallest absolute Gasteiger partial charge is 0.195 e. The number of carbonyl (C=O) groups is 2. The van der Waals surface area contributed by atoms with E-state index < -0.39 is 0 Å². The van der Waals surface area contributed by atoms with E-state index in [1.165, 1.54) is 11.3 Å². The highest BCUT2D eigenvalue weighted by molar-refractivity contribution is 6.38. The van der Waals surface area contributed by atoms with Gasteiger partial charge in [-0.25, -0.2) is 0 Å². The normalized spacial score (nSPS) is 16.3. The molecule has 1 aromatic heterocycles. The molecule has 1 N–H and O–H groups in total. The first-order chi connectivity index (χ1) is 13.2. The zero-order valence-electron chi connectivity index (χ0n) is 14.8. The van der Waals surface area contributed by atoms with Gasteiger partial charge in [0.15, 0.2) is 11.6 Å². The fourth-order valence-corrected chi connectivity index (χ4v) is 4.81. The molecule has 0 aliphatic carbocycles. The first-order valence-electron chi connectivity index (χ1n) is 9.37. The maximum absolute atomic E-state index is 13.4. The molecule has 136 valence electrons. The highest BCUT2D eigenvalue weighted by Crippen LogP contribution is 2.40. The molecule has 2 aliphatic heterocycles. The van der Waals surface area contributed by atoms with Crippen LogP contribution in [0.3, 0.4) is 0 Å². The van der Waals surface area contributed by atoms with E-state index in [4.69, 9.17) is 11.6 Å². The van der Waals surface area contributed by atoms with E-state index >= 15 is 0 Å². The van der Waals surface area contributed by atoms with Crippen LogP contribution in [-0.2, 0) is 19.4 Å². The molecule has 0 spiro atoms. The van der Waals surface area contributed by atoms with E-state index in [9.17, 15) is 9.59 Å². The van der Waals surface area contributed by atoms with Crippen molar-refractivity contribution in [3.05, 3.63) is 69.4 Å². The van der Waals surface area contributed by atoms with Gasteiger partial charge in [-0.3, -0.25) is 9.59 Å². The van der Waals surface area contributed by atoms with Crippen LogP contribution in [0.2, 0.25) is 5.02 Å². The van der Waals surface area contributed by atoms with Crippen molar-refractivity contribution in [1.82, 2.24) is 9.88 Å². The van der Waals surface area contributed by atoms with Gasteiger partial charge in [0.25, 0.3) is 0 Å². The number of halogens is 1. The Bertz CT molecular complexity index is 1100. The third kappa shape index (κ3) is 2.47. The van der Waals surface area contributed by atoms with Gasteiger partial charge >= 0.3 is 0 Å². The molecule has 0 bridgehead atoms. The standard InChI is InChI=1S/C22H19ClN2O2/c23-16-12-15-18(26)8-11-25-17-7-10-24-9-6-14(17)19(21(15)25)20(16)22(27)13-4-2-1-3-5-13/h1-5,12,24H,6-11H2. The average molecular weight is 379 g/mol. The van der Waals surface area contributed by atoms with Crippen molar-refractivity contribution < 1.29 is 9.59 Å². The maximum Gasteiger partial charge on any atom is 0.195 e. The number of hydrogen-bond donors (Lipinski definition) is 1. The Balaban J connectivity index is 1.87. The van der Waals surface area contributed by atoms with Crippen molar-refractivity contribution >= 4 is 34.1 Å². The molecule has 0 saturated carbocycles. The Morgan fingerprint density at radius 1 is 1.07 bits per heavy atom. The van der Waals surface area contributed by atoms with Crippen LogP contribution in [-0.4, -0.2) is 29.2 Å². The Kier molecular flexibility index (Phi) is 3.92. The summed E-state index contributed by atoms with van der Waals surface area (Å²) in [4.78, 5) is 26.0. The van der Waals surface area contributed by atoms with Gasteiger partial charge < -0.3 is 9.88 Å². The largest absolute Gasteiger partial charge is 0.343 e. The quantitative estimate of drug-likeness (QED) is 0.690. The van der Waals surface area contributed by atoms with E-state index in [2.05, 4.69) is 9.88 Å². The first-order valence-corrected chi connectivity index (χ1v) is 9.74. The van der Waals surface area contributed by atoms with Gasteiger partial charge in [-0.1, -0.05) is 41.9 Å². The van der Waals surface area contributed by atoms with Crippen molar-refractivity contribution in [2.75, 3.05) is 13.1 Å². The van der Waals surface area contributed by atoms with Gasteiger partial charge in [0.2, 0.25) is 0 Å². The Morgan fingerprint density at radius 2 is 1.85 bits per heavy atom. The molecule has 0 atom stereocenters. The number of ketones is 2. The number of nitrogens with one attached hydrogen (secondary N) is 1. The molecule has 4 nitrogen and oxygen atoms in total. The van der Waals surface area contributed by atoms with E-state index in [1.54, 1.807) is 6.07 Å². The number of aromatic nitrogens is 1. The van der Waals surface area contributed by atoms with Crippen molar-refractivity contribution in [3.63, 3.8) is 0 Å². The van der Waals surface area contributed by atoms with Crippen LogP contribution in [0.25, 0.3) is 10.9 Å². The fraction of sp³-hybridized carbons (Fsp3) is 0.273. The summed E-state index contributed by atoms with van der Waals surface area (Å²) >= 11 is 6.62. The van der Waals surface area contributed by atoms with Gasteiger partial charge in [0.05, 0.1) is 16.1 Å². The van der Waals surface area contributed by atoms with Gasteiger partial charge in [-0.05, 0) is 24.6 Å². The Morgan fingerprint density at radius 3 is 2.67 bits per heavy atom. The number of aryl methyl sites for hydroxylation is 1. The lowest BCUT2D eigenvalue weighted by Gasteiger charge is -2.19. The van der Waals surface area contributed by atoms with E-state index in [0.29, 0.717) is 34.7 Å². The molecule has 3 heterocycles. The molecule has 0 unspecified atom stereocenters. The second-order valence-corrected chi connectivity index (χ2v) is 7.61.